The Morgan fingerprint density at radius 1 is 0.909 bits per heavy atom. The SMILES string of the molecule is NC(=NN=CC=Cc1ccccc1)NN=Cc1ccccc1. The van der Waals surface area contributed by atoms with E-state index in [1.807, 2.05) is 66.7 Å². The Morgan fingerprint density at radius 2 is 1.55 bits per heavy atom. The Balaban J connectivity index is 1.79. The lowest BCUT2D eigenvalue weighted by atomic mass is 10.2. The van der Waals surface area contributed by atoms with E-state index in [2.05, 4.69) is 20.7 Å². The van der Waals surface area contributed by atoms with Crippen LogP contribution in [0.15, 0.2) is 82.0 Å². The van der Waals surface area contributed by atoms with Crippen molar-refractivity contribution in [3.63, 3.8) is 0 Å². The number of allylic oxidation sites excluding steroid dienone is 1. The molecule has 3 N–H and O–H groups in total. The van der Waals surface area contributed by atoms with Gasteiger partial charge in [-0.15, -0.1) is 5.10 Å². The molecule has 2 rings (SSSR count). The quantitative estimate of drug-likeness (QED) is 0.505. The van der Waals surface area contributed by atoms with E-state index in [0.29, 0.717) is 0 Å². The highest BCUT2D eigenvalue weighted by molar-refractivity contribution is 5.83. The Labute approximate surface area is 129 Å². The summed E-state index contributed by atoms with van der Waals surface area (Å²) in [4.78, 5) is 0. The van der Waals surface area contributed by atoms with Crippen LogP contribution in [0.4, 0.5) is 0 Å². The van der Waals surface area contributed by atoms with Gasteiger partial charge in [-0.3, -0.25) is 0 Å². The third kappa shape index (κ3) is 5.83. The van der Waals surface area contributed by atoms with Gasteiger partial charge in [0.05, 0.1) is 6.21 Å². The summed E-state index contributed by atoms with van der Waals surface area (Å²) in [6, 6.07) is 19.6. The number of guanidine groups is 1. The predicted molar refractivity (Wildman–Crippen MR) is 92.8 cm³/mol. The van der Waals surface area contributed by atoms with Gasteiger partial charge in [-0.1, -0.05) is 66.7 Å². The average molecular weight is 291 g/mol. The molecular weight excluding hydrogens is 274 g/mol. The summed E-state index contributed by atoms with van der Waals surface area (Å²) >= 11 is 0. The minimum Gasteiger partial charge on any atom is -0.367 e. The minimum atomic E-state index is 0.122. The number of hydrogen-bond acceptors (Lipinski definition) is 3. The summed E-state index contributed by atoms with van der Waals surface area (Å²) in [7, 11) is 0. The van der Waals surface area contributed by atoms with Crippen molar-refractivity contribution in [3.8, 4) is 0 Å². The van der Waals surface area contributed by atoms with Crippen molar-refractivity contribution in [1.82, 2.24) is 5.43 Å². The van der Waals surface area contributed by atoms with Crippen LogP contribution in [0.5, 0.6) is 0 Å². The third-order valence-electron chi connectivity index (χ3n) is 2.60. The van der Waals surface area contributed by atoms with E-state index < -0.39 is 0 Å². The van der Waals surface area contributed by atoms with Gasteiger partial charge < -0.3 is 5.73 Å². The second kappa shape index (κ2) is 8.86. The summed E-state index contributed by atoms with van der Waals surface area (Å²) in [5.41, 5.74) is 10.3. The maximum absolute atomic E-state index is 5.62. The van der Waals surface area contributed by atoms with Crippen molar-refractivity contribution < 1.29 is 0 Å². The van der Waals surface area contributed by atoms with Crippen LogP contribution >= 0.6 is 0 Å². The molecule has 0 saturated heterocycles. The van der Waals surface area contributed by atoms with Crippen molar-refractivity contribution in [1.29, 1.82) is 0 Å². The molecule has 0 amide bonds. The molecular formula is C17H17N5. The first-order valence-corrected chi connectivity index (χ1v) is 6.77. The maximum atomic E-state index is 5.62. The highest BCUT2D eigenvalue weighted by Crippen LogP contribution is 1.99. The second-order valence-electron chi connectivity index (χ2n) is 4.30. The first-order valence-electron chi connectivity index (χ1n) is 6.77. The molecule has 0 aliphatic carbocycles. The fourth-order valence-corrected chi connectivity index (χ4v) is 1.59. The van der Waals surface area contributed by atoms with E-state index in [-0.39, 0.29) is 5.96 Å². The van der Waals surface area contributed by atoms with E-state index in [0.717, 1.165) is 11.1 Å². The molecule has 110 valence electrons. The molecule has 0 radical (unpaired) electrons. The zero-order valence-electron chi connectivity index (χ0n) is 12.0. The molecule has 0 atom stereocenters. The molecule has 2 aromatic carbocycles. The predicted octanol–water partition coefficient (Wildman–Crippen LogP) is 2.62. The molecule has 0 aromatic heterocycles. The summed E-state index contributed by atoms with van der Waals surface area (Å²) in [5, 5.41) is 11.6. The van der Waals surface area contributed by atoms with E-state index >= 15 is 0 Å². The van der Waals surface area contributed by atoms with Crippen LogP contribution in [0.3, 0.4) is 0 Å². The highest BCUT2D eigenvalue weighted by atomic mass is 15.4. The lowest BCUT2D eigenvalue weighted by Gasteiger charge is -1.95. The number of benzene rings is 2. The highest BCUT2D eigenvalue weighted by Gasteiger charge is 1.86. The van der Waals surface area contributed by atoms with Crippen LogP contribution in [0, 0.1) is 0 Å². The number of nitrogens with two attached hydrogens (primary N) is 1. The number of hydrogen-bond donors (Lipinski definition) is 2. The topological polar surface area (TPSA) is 75.1 Å². The maximum Gasteiger partial charge on any atom is 0.234 e. The summed E-state index contributed by atoms with van der Waals surface area (Å²) in [6.45, 7) is 0. The Bertz CT molecular complexity index is 673. The van der Waals surface area contributed by atoms with Crippen molar-refractivity contribution in [2.24, 2.45) is 21.0 Å². The largest absolute Gasteiger partial charge is 0.367 e. The average Bonchev–Trinajstić information content (AvgIpc) is 2.56. The first kappa shape index (κ1) is 15.2. The Kier molecular flexibility index (Phi) is 6.12. The summed E-state index contributed by atoms with van der Waals surface area (Å²) in [6.07, 6.45) is 6.93. The fourth-order valence-electron chi connectivity index (χ4n) is 1.59. The van der Waals surface area contributed by atoms with Crippen molar-refractivity contribution in [3.05, 3.63) is 77.9 Å². The smallest absolute Gasteiger partial charge is 0.234 e. The van der Waals surface area contributed by atoms with Crippen LogP contribution in [-0.4, -0.2) is 18.4 Å². The number of hydrazone groups is 1. The molecule has 0 unspecified atom stereocenters. The van der Waals surface area contributed by atoms with Gasteiger partial charge in [-0.25, -0.2) is 5.43 Å². The van der Waals surface area contributed by atoms with E-state index in [9.17, 15) is 0 Å². The van der Waals surface area contributed by atoms with Crippen molar-refractivity contribution >= 4 is 24.5 Å². The molecule has 0 aliphatic rings. The summed E-state index contributed by atoms with van der Waals surface area (Å²) < 4.78 is 0. The van der Waals surface area contributed by atoms with Gasteiger partial charge in [0, 0.05) is 6.21 Å². The first-order chi connectivity index (χ1) is 10.8. The molecule has 0 bridgehead atoms. The molecule has 5 nitrogen and oxygen atoms in total. The lowest BCUT2D eigenvalue weighted by Crippen LogP contribution is -2.26. The molecule has 2 aromatic rings. The van der Waals surface area contributed by atoms with Crippen LogP contribution in [0.25, 0.3) is 6.08 Å². The van der Waals surface area contributed by atoms with Gasteiger partial charge in [-0.05, 0) is 17.2 Å². The van der Waals surface area contributed by atoms with Gasteiger partial charge >= 0.3 is 0 Å². The normalized spacial score (nSPS) is 12.5. The zero-order chi connectivity index (χ0) is 15.5. The molecule has 0 spiro atoms. The van der Waals surface area contributed by atoms with E-state index in [4.69, 9.17) is 5.73 Å². The van der Waals surface area contributed by atoms with Gasteiger partial charge in [0.15, 0.2) is 0 Å². The third-order valence-corrected chi connectivity index (χ3v) is 2.60. The molecule has 0 saturated carbocycles. The molecule has 22 heavy (non-hydrogen) atoms. The molecule has 5 heteroatoms. The van der Waals surface area contributed by atoms with E-state index in [1.54, 1.807) is 18.5 Å². The number of nitrogens with zero attached hydrogens (tertiary/aromatic N) is 3. The summed E-state index contributed by atoms with van der Waals surface area (Å²) in [5.74, 6) is 0.122. The monoisotopic (exact) mass is 291 g/mol. The standard InChI is InChI=1S/C17H17N5/c18-17(22-20-14-16-10-5-2-6-11-16)21-19-13-7-12-15-8-3-1-4-9-15/h1-14H,(H3,18,21,22). The van der Waals surface area contributed by atoms with Crippen molar-refractivity contribution in [2.45, 2.75) is 0 Å². The number of nitrogens with one attached hydrogen (secondary N) is 1. The molecule has 0 aliphatic heterocycles. The molecule has 0 fully saturated rings. The van der Waals surface area contributed by atoms with Crippen LogP contribution < -0.4 is 11.2 Å². The Morgan fingerprint density at radius 3 is 2.23 bits per heavy atom. The van der Waals surface area contributed by atoms with Crippen LogP contribution in [0.2, 0.25) is 0 Å². The minimum absolute atomic E-state index is 0.122. The van der Waals surface area contributed by atoms with Crippen molar-refractivity contribution in [2.75, 3.05) is 0 Å². The lowest BCUT2D eigenvalue weighted by molar-refractivity contribution is 0.994. The van der Waals surface area contributed by atoms with Crippen LogP contribution in [0.1, 0.15) is 11.1 Å². The van der Waals surface area contributed by atoms with Gasteiger partial charge in [0.2, 0.25) is 5.96 Å². The fraction of sp³-hybridized carbons (Fsp3) is 0. The Hall–Kier alpha value is -3.21. The molecule has 0 heterocycles. The second-order valence-corrected chi connectivity index (χ2v) is 4.30. The van der Waals surface area contributed by atoms with Gasteiger partial charge in [-0.2, -0.15) is 10.2 Å². The van der Waals surface area contributed by atoms with E-state index in [1.165, 1.54) is 0 Å². The van der Waals surface area contributed by atoms with Crippen LogP contribution in [-0.2, 0) is 0 Å². The van der Waals surface area contributed by atoms with Gasteiger partial charge in [0.25, 0.3) is 0 Å². The zero-order valence-corrected chi connectivity index (χ0v) is 12.0. The number of rotatable bonds is 5. The van der Waals surface area contributed by atoms with Gasteiger partial charge in [0.1, 0.15) is 0 Å².